The predicted octanol–water partition coefficient (Wildman–Crippen LogP) is 1.37. The van der Waals surface area contributed by atoms with Crippen LogP contribution in [0.4, 0.5) is 0 Å². The summed E-state index contributed by atoms with van der Waals surface area (Å²) in [5.74, 6) is -1.05. The van der Waals surface area contributed by atoms with Gasteiger partial charge in [0.2, 0.25) is 11.8 Å². The number of carbonyl (C=O) groups excluding carboxylic acids is 3. The first kappa shape index (κ1) is 25.6. The smallest absolute Gasteiger partial charge is 0.272 e. The van der Waals surface area contributed by atoms with E-state index in [1.165, 1.54) is 0 Å². The Labute approximate surface area is 190 Å². The summed E-state index contributed by atoms with van der Waals surface area (Å²) in [6, 6.07) is -0.836. The molecule has 0 spiro atoms. The molecule has 1 aliphatic rings. The Kier molecular flexibility index (Phi) is 9.00. The van der Waals surface area contributed by atoms with E-state index in [1.807, 2.05) is 45.4 Å². The van der Waals surface area contributed by atoms with Gasteiger partial charge >= 0.3 is 0 Å². The number of aryl methyl sites for hydroxylation is 1. The van der Waals surface area contributed by atoms with Crippen LogP contribution in [0.15, 0.2) is 6.08 Å². The Morgan fingerprint density at radius 1 is 1.19 bits per heavy atom. The average molecular weight is 447 g/mol. The highest BCUT2D eigenvalue weighted by Crippen LogP contribution is 2.25. The number of nitrogens with zero attached hydrogens (tertiary/aromatic N) is 2. The lowest BCUT2D eigenvalue weighted by atomic mass is 9.86. The molecule has 178 valence electrons. The van der Waals surface area contributed by atoms with Crippen LogP contribution < -0.4 is 21.7 Å². The molecule has 0 saturated carbocycles. The molecule has 1 heterocycles. The zero-order valence-corrected chi connectivity index (χ0v) is 20.0. The summed E-state index contributed by atoms with van der Waals surface area (Å²) in [4.78, 5) is 38.0. The molecule has 0 aromatic carbocycles. The van der Waals surface area contributed by atoms with Crippen LogP contribution in [0.3, 0.4) is 0 Å². The fourth-order valence-electron chi connectivity index (χ4n) is 3.64. The Balaban J connectivity index is 2.17. The highest BCUT2D eigenvalue weighted by atomic mass is 16.2. The molecule has 1 unspecified atom stereocenters. The van der Waals surface area contributed by atoms with Crippen molar-refractivity contribution in [3.05, 3.63) is 23.0 Å². The molecule has 0 bridgehead atoms. The van der Waals surface area contributed by atoms with Gasteiger partial charge in [-0.15, -0.1) is 0 Å². The van der Waals surface area contributed by atoms with E-state index in [1.54, 1.807) is 0 Å². The molecule has 1 aliphatic carbocycles. The Hall–Kier alpha value is -2.68. The number of nitrogens with two attached hydrogens (primary N) is 1. The Bertz CT molecular complexity index is 851. The number of nitrogens with one attached hydrogen (secondary N) is 3. The van der Waals surface area contributed by atoms with Gasteiger partial charge in [0.25, 0.3) is 5.91 Å². The second-order valence-electron chi connectivity index (χ2n) is 9.58. The standard InChI is InChI=1S/C23H38N6O3/c1-15(2)26-18(30)14-25-22(32)20(23(3,4)5)27-21(31)19-16-10-6-7-11-17(16)29(28-19)13-9-8-12-24/h7,11,15,20H,6,8-10,12-14,24H2,1-5H3,(H,25,32)(H,26,30)(H,27,31). The quantitative estimate of drug-likeness (QED) is 0.403. The van der Waals surface area contributed by atoms with Crippen molar-refractivity contribution in [3.8, 4) is 0 Å². The SMILES string of the molecule is CC(C)NC(=O)CNC(=O)C(NC(=O)c1nn(CCCCN)c2c1CCC=C2)C(C)(C)C. The minimum atomic E-state index is -0.820. The van der Waals surface area contributed by atoms with Gasteiger partial charge in [-0.1, -0.05) is 26.8 Å². The van der Waals surface area contributed by atoms with Gasteiger partial charge in [0.1, 0.15) is 6.04 Å². The lowest BCUT2D eigenvalue weighted by molar-refractivity contribution is -0.129. The fourth-order valence-corrected chi connectivity index (χ4v) is 3.64. The number of allylic oxidation sites excluding steroid dienone is 1. The van der Waals surface area contributed by atoms with Gasteiger partial charge < -0.3 is 21.7 Å². The molecular formula is C23H38N6O3. The number of fused-ring (bicyclic) bond motifs is 1. The molecule has 5 N–H and O–H groups in total. The number of amides is 3. The zero-order chi connectivity index (χ0) is 23.9. The summed E-state index contributed by atoms with van der Waals surface area (Å²) in [6.45, 7) is 10.5. The second-order valence-corrected chi connectivity index (χ2v) is 9.58. The van der Waals surface area contributed by atoms with Crippen LogP contribution in [0.1, 0.15) is 75.6 Å². The molecule has 3 amide bonds. The van der Waals surface area contributed by atoms with E-state index in [0.717, 1.165) is 36.9 Å². The number of unbranched alkanes of at least 4 members (excludes halogenated alkanes) is 1. The first-order valence-corrected chi connectivity index (χ1v) is 11.4. The van der Waals surface area contributed by atoms with Crippen molar-refractivity contribution in [2.75, 3.05) is 13.1 Å². The van der Waals surface area contributed by atoms with E-state index >= 15 is 0 Å². The summed E-state index contributed by atoms with van der Waals surface area (Å²) in [7, 11) is 0. The third kappa shape index (κ3) is 6.91. The third-order valence-electron chi connectivity index (χ3n) is 5.25. The van der Waals surface area contributed by atoms with Crippen LogP contribution in [0.25, 0.3) is 6.08 Å². The first-order chi connectivity index (χ1) is 15.0. The fraction of sp³-hybridized carbons (Fsp3) is 0.652. The van der Waals surface area contributed by atoms with E-state index in [9.17, 15) is 14.4 Å². The van der Waals surface area contributed by atoms with Crippen LogP contribution in [0.2, 0.25) is 0 Å². The summed E-state index contributed by atoms with van der Waals surface area (Å²) in [6.07, 6.45) is 7.43. The molecule has 1 atom stereocenters. The van der Waals surface area contributed by atoms with Crippen LogP contribution in [0.5, 0.6) is 0 Å². The van der Waals surface area contributed by atoms with Crippen molar-refractivity contribution < 1.29 is 14.4 Å². The van der Waals surface area contributed by atoms with E-state index in [4.69, 9.17) is 5.73 Å². The monoisotopic (exact) mass is 446 g/mol. The number of hydrogen-bond donors (Lipinski definition) is 4. The van der Waals surface area contributed by atoms with Gasteiger partial charge in [-0.25, -0.2) is 0 Å². The molecule has 0 saturated heterocycles. The van der Waals surface area contributed by atoms with E-state index < -0.39 is 17.4 Å². The average Bonchev–Trinajstić information content (AvgIpc) is 3.08. The highest BCUT2D eigenvalue weighted by Gasteiger charge is 2.34. The number of aromatic nitrogens is 2. The van der Waals surface area contributed by atoms with Gasteiger partial charge in [-0.3, -0.25) is 19.1 Å². The molecule has 9 nitrogen and oxygen atoms in total. The van der Waals surface area contributed by atoms with Crippen molar-refractivity contribution in [1.29, 1.82) is 0 Å². The number of rotatable bonds is 10. The molecule has 1 aromatic heterocycles. The van der Waals surface area contributed by atoms with Crippen LogP contribution in [0, 0.1) is 5.41 Å². The first-order valence-electron chi connectivity index (χ1n) is 11.4. The zero-order valence-electron chi connectivity index (χ0n) is 20.0. The third-order valence-corrected chi connectivity index (χ3v) is 5.25. The van der Waals surface area contributed by atoms with Gasteiger partial charge in [-0.2, -0.15) is 5.10 Å². The summed E-state index contributed by atoms with van der Waals surface area (Å²) >= 11 is 0. The van der Waals surface area contributed by atoms with Crippen molar-refractivity contribution in [2.45, 2.75) is 78.9 Å². The predicted molar refractivity (Wildman–Crippen MR) is 125 cm³/mol. The van der Waals surface area contributed by atoms with Gasteiger partial charge in [0.15, 0.2) is 5.69 Å². The highest BCUT2D eigenvalue weighted by molar-refractivity contribution is 5.98. The maximum absolute atomic E-state index is 13.2. The van der Waals surface area contributed by atoms with E-state index in [0.29, 0.717) is 18.8 Å². The summed E-state index contributed by atoms with van der Waals surface area (Å²) < 4.78 is 1.86. The van der Waals surface area contributed by atoms with Gasteiger partial charge in [0, 0.05) is 18.2 Å². The van der Waals surface area contributed by atoms with E-state index in [2.05, 4.69) is 27.1 Å². The normalized spacial score (nSPS) is 14.1. The maximum atomic E-state index is 13.2. The molecule has 0 radical (unpaired) electrons. The van der Waals surface area contributed by atoms with Crippen molar-refractivity contribution in [2.24, 2.45) is 11.1 Å². The van der Waals surface area contributed by atoms with Gasteiger partial charge in [0.05, 0.1) is 12.2 Å². The van der Waals surface area contributed by atoms with Crippen molar-refractivity contribution in [1.82, 2.24) is 25.7 Å². The largest absolute Gasteiger partial charge is 0.352 e. The Morgan fingerprint density at radius 3 is 2.53 bits per heavy atom. The minimum Gasteiger partial charge on any atom is -0.352 e. The molecule has 9 heteroatoms. The van der Waals surface area contributed by atoms with Crippen LogP contribution in [-0.4, -0.2) is 52.7 Å². The van der Waals surface area contributed by atoms with Crippen LogP contribution in [-0.2, 0) is 22.6 Å². The van der Waals surface area contributed by atoms with E-state index in [-0.39, 0.29) is 24.4 Å². The van der Waals surface area contributed by atoms with Crippen molar-refractivity contribution in [3.63, 3.8) is 0 Å². The number of hydrogen-bond acceptors (Lipinski definition) is 5. The lowest BCUT2D eigenvalue weighted by Gasteiger charge is -2.30. The van der Waals surface area contributed by atoms with Crippen LogP contribution >= 0.6 is 0 Å². The minimum absolute atomic E-state index is 0.0160. The van der Waals surface area contributed by atoms with Crippen molar-refractivity contribution >= 4 is 23.8 Å². The summed E-state index contributed by atoms with van der Waals surface area (Å²) in [5, 5.41) is 12.8. The summed E-state index contributed by atoms with van der Waals surface area (Å²) in [5.41, 5.74) is 7.25. The molecule has 32 heavy (non-hydrogen) atoms. The Morgan fingerprint density at radius 2 is 1.91 bits per heavy atom. The topological polar surface area (TPSA) is 131 Å². The molecule has 1 aromatic rings. The molecular weight excluding hydrogens is 408 g/mol. The van der Waals surface area contributed by atoms with Gasteiger partial charge in [-0.05, 0) is 57.6 Å². The molecule has 0 aliphatic heterocycles. The second kappa shape index (κ2) is 11.3. The lowest BCUT2D eigenvalue weighted by Crippen LogP contribution is -2.55. The molecule has 0 fully saturated rings. The number of carbonyl (C=O) groups is 3. The molecule has 2 rings (SSSR count). The maximum Gasteiger partial charge on any atom is 0.272 e.